The Morgan fingerprint density at radius 1 is 1.16 bits per heavy atom. The Balaban J connectivity index is 1.62. The number of amides is 1. The first-order valence-corrected chi connectivity index (χ1v) is 11.7. The predicted molar refractivity (Wildman–Crippen MR) is 132 cm³/mol. The molecule has 4 rings (SSSR count). The highest BCUT2D eigenvalue weighted by atomic mass is 35.5. The average Bonchev–Trinajstić information content (AvgIpc) is 3.14. The zero-order valence-corrected chi connectivity index (χ0v) is 19.7. The summed E-state index contributed by atoms with van der Waals surface area (Å²) in [6, 6.07) is 21.4. The molecule has 32 heavy (non-hydrogen) atoms. The molecule has 1 heterocycles. The van der Waals surface area contributed by atoms with Crippen LogP contribution in [0.2, 0.25) is 5.02 Å². The fourth-order valence-electron chi connectivity index (χ4n) is 3.36. The van der Waals surface area contributed by atoms with E-state index in [-0.39, 0.29) is 11.2 Å². The molecule has 0 spiro atoms. The Labute approximate surface area is 196 Å². The van der Waals surface area contributed by atoms with Crippen molar-refractivity contribution < 1.29 is 9.53 Å². The van der Waals surface area contributed by atoms with E-state index >= 15 is 0 Å². The van der Waals surface area contributed by atoms with Crippen molar-refractivity contribution in [1.29, 1.82) is 0 Å². The lowest BCUT2D eigenvalue weighted by atomic mass is 10.2. The largest absolute Gasteiger partial charge is 0.494 e. The van der Waals surface area contributed by atoms with E-state index in [4.69, 9.17) is 21.3 Å². The van der Waals surface area contributed by atoms with Crippen LogP contribution in [0.25, 0.3) is 16.7 Å². The Hall–Kier alpha value is -2.96. The fraction of sp³-hybridized carbons (Fsp3) is 0.200. The molecule has 1 N–H and O–H groups in total. The number of aromatic nitrogens is 2. The van der Waals surface area contributed by atoms with Crippen LogP contribution >= 0.6 is 23.4 Å². The molecule has 1 amide bonds. The standard InChI is InChI=1S/C25H24ClN3O2S/c1-4-31-19-12-10-18(11-13-19)29-23-8-6-5-7-22(23)28-25(29)32-17(3)24(30)27-21-14-9-16(2)15-20(21)26/h5-15,17H,4H2,1-3H3,(H,27,30). The summed E-state index contributed by atoms with van der Waals surface area (Å²) in [7, 11) is 0. The maximum Gasteiger partial charge on any atom is 0.237 e. The Kier molecular flexibility index (Phi) is 6.72. The number of para-hydroxylation sites is 2. The number of nitrogens with zero attached hydrogens (tertiary/aromatic N) is 2. The molecule has 4 aromatic rings. The lowest BCUT2D eigenvalue weighted by Gasteiger charge is -2.15. The number of rotatable bonds is 7. The molecule has 0 aliphatic carbocycles. The second-order valence-corrected chi connectivity index (χ2v) is 9.09. The second-order valence-electron chi connectivity index (χ2n) is 7.38. The zero-order chi connectivity index (χ0) is 22.7. The number of aryl methyl sites for hydroxylation is 1. The van der Waals surface area contributed by atoms with Crippen LogP contribution in [-0.2, 0) is 4.79 Å². The van der Waals surface area contributed by atoms with E-state index in [0.29, 0.717) is 17.3 Å². The van der Waals surface area contributed by atoms with Gasteiger partial charge in [-0.15, -0.1) is 0 Å². The van der Waals surface area contributed by atoms with Crippen molar-refractivity contribution in [2.45, 2.75) is 31.2 Å². The molecule has 1 unspecified atom stereocenters. The summed E-state index contributed by atoms with van der Waals surface area (Å²) in [6.07, 6.45) is 0. The van der Waals surface area contributed by atoms with Crippen LogP contribution in [-0.4, -0.2) is 27.3 Å². The van der Waals surface area contributed by atoms with E-state index < -0.39 is 0 Å². The van der Waals surface area contributed by atoms with Crippen LogP contribution in [0.5, 0.6) is 5.75 Å². The van der Waals surface area contributed by atoms with Gasteiger partial charge < -0.3 is 10.1 Å². The number of anilines is 1. The van der Waals surface area contributed by atoms with Gasteiger partial charge in [0.25, 0.3) is 0 Å². The van der Waals surface area contributed by atoms with E-state index in [9.17, 15) is 4.79 Å². The smallest absolute Gasteiger partial charge is 0.237 e. The van der Waals surface area contributed by atoms with Gasteiger partial charge in [0, 0.05) is 5.69 Å². The Bertz CT molecular complexity index is 1250. The van der Waals surface area contributed by atoms with Gasteiger partial charge in [0.2, 0.25) is 5.91 Å². The van der Waals surface area contributed by atoms with Crippen LogP contribution in [0.4, 0.5) is 5.69 Å². The van der Waals surface area contributed by atoms with Crippen molar-refractivity contribution in [3.8, 4) is 11.4 Å². The molecule has 1 atom stereocenters. The number of thioether (sulfide) groups is 1. The van der Waals surface area contributed by atoms with Gasteiger partial charge in [0.05, 0.1) is 33.6 Å². The summed E-state index contributed by atoms with van der Waals surface area (Å²) < 4.78 is 7.64. The minimum Gasteiger partial charge on any atom is -0.494 e. The molecule has 3 aromatic carbocycles. The molecule has 0 radical (unpaired) electrons. The lowest BCUT2D eigenvalue weighted by molar-refractivity contribution is -0.115. The van der Waals surface area contributed by atoms with Gasteiger partial charge in [-0.05, 0) is 74.9 Å². The number of halogens is 1. The van der Waals surface area contributed by atoms with Gasteiger partial charge in [0.15, 0.2) is 5.16 Å². The van der Waals surface area contributed by atoms with E-state index in [1.165, 1.54) is 11.8 Å². The average molecular weight is 466 g/mol. The summed E-state index contributed by atoms with van der Waals surface area (Å²) >= 11 is 7.69. The molecule has 1 aromatic heterocycles. The number of nitrogens with one attached hydrogen (secondary N) is 1. The highest BCUT2D eigenvalue weighted by Crippen LogP contribution is 2.32. The number of carbonyl (C=O) groups is 1. The molecule has 0 saturated heterocycles. The van der Waals surface area contributed by atoms with Crippen molar-refractivity contribution in [2.24, 2.45) is 0 Å². The van der Waals surface area contributed by atoms with Gasteiger partial charge in [-0.1, -0.05) is 41.6 Å². The number of hydrogen-bond donors (Lipinski definition) is 1. The van der Waals surface area contributed by atoms with E-state index in [2.05, 4.69) is 9.88 Å². The third kappa shape index (κ3) is 4.76. The van der Waals surface area contributed by atoms with Crippen LogP contribution in [0, 0.1) is 6.92 Å². The number of benzene rings is 3. The molecule has 0 bridgehead atoms. The van der Waals surface area contributed by atoms with E-state index in [1.54, 1.807) is 0 Å². The first-order chi connectivity index (χ1) is 15.5. The van der Waals surface area contributed by atoms with Crippen molar-refractivity contribution in [3.63, 3.8) is 0 Å². The zero-order valence-electron chi connectivity index (χ0n) is 18.1. The number of carbonyl (C=O) groups excluding carboxylic acids is 1. The van der Waals surface area contributed by atoms with Gasteiger partial charge in [-0.3, -0.25) is 9.36 Å². The summed E-state index contributed by atoms with van der Waals surface area (Å²) in [4.78, 5) is 17.7. The topological polar surface area (TPSA) is 56.1 Å². The van der Waals surface area contributed by atoms with Crippen LogP contribution in [0.3, 0.4) is 0 Å². The second kappa shape index (κ2) is 9.67. The first-order valence-electron chi connectivity index (χ1n) is 10.4. The minimum atomic E-state index is -0.384. The molecule has 0 aliphatic heterocycles. The van der Waals surface area contributed by atoms with Gasteiger partial charge in [-0.25, -0.2) is 4.98 Å². The van der Waals surface area contributed by atoms with E-state index in [1.807, 2.05) is 87.5 Å². The molecule has 0 fully saturated rings. The molecule has 7 heteroatoms. The number of imidazole rings is 1. The quantitative estimate of drug-likeness (QED) is 0.316. The summed E-state index contributed by atoms with van der Waals surface area (Å²) in [5, 5.41) is 3.81. The van der Waals surface area contributed by atoms with Crippen molar-refractivity contribution in [3.05, 3.63) is 77.3 Å². The third-order valence-electron chi connectivity index (χ3n) is 4.97. The molecule has 164 valence electrons. The highest BCUT2D eigenvalue weighted by molar-refractivity contribution is 8.00. The molecule has 5 nitrogen and oxygen atoms in total. The van der Waals surface area contributed by atoms with Crippen LogP contribution in [0.15, 0.2) is 71.9 Å². The number of fused-ring (bicyclic) bond motifs is 1. The van der Waals surface area contributed by atoms with Crippen LogP contribution < -0.4 is 10.1 Å². The maximum absolute atomic E-state index is 12.9. The van der Waals surface area contributed by atoms with Crippen LogP contribution in [0.1, 0.15) is 19.4 Å². The molecule has 0 aliphatic rings. The monoisotopic (exact) mass is 465 g/mol. The predicted octanol–water partition coefficient (Wildman–Crippen LogP) is 6.51. The maximum atomic E-state index is 12.9. The normalized spacial score (nSPS) is 12.0. The van der Waals surface area contributed by atoms with E-state index in [0.717, 1.165) is 33.2 Å². The van der Waals surface area contributed by atoms with Crippen molar-refractivity contribution >= 4 is 46.0 Å². The van der Waals surface area contributed by atoms with Gasteiger partial charge >= 0.3 is 0 Å². The summed E-state index contributed by atoms with van der Waals surface area (Å²) in [5.41, 5.74) is 4.46. The minimum absolute atomic E-state index is 0.133. The summed E-state index contributed by atoms with van der Waals surface area (Å²) in [5.74, 6) is 0.684. The van der Waals surface area contributed by atoms with Gasteiger partial charge in [-0.2, -0.15) is 0 Å². The molecule has 0 saturated carbocycles. The number of ether oxygens (including phenoxy) is 1. The summed E-state index contributed by atoms with van der Waals surface area (Å²) in [6.45, 7) is 6.40. The SMILES string of the molecule is CCOc1ccc(-n2c(SC(C)C(=O)Nc3ccc(C)cc3Cl)nc3ccccc32)cc1. The first kappa shape index (κ1) is 22.2. The van der Waals surface area contributed by atoms with Crippen molar-refractivity contribution in [2.75, 3.05) is 11.9 Å². The third-order valence-corrected chi connectivity index (χ3v) is 6.33. The molecular formula is C25H24ClN3O2S. The number of hydrogen-bond acceptors (Lipinski definition) is 4. The fourth-order valence-corrected chi connectivity index (χ4v) is 4.58. The molecular weight excluding hydrogens is 442 g/mol. The van der Waals surface area contributed by atoms with Gasteiger partial charge in [0.1, 0.15) is 5.75 Å². The Morgan fingerprint density at radius 3 is 2.62 bits per heavy atom. The Morgan fingerprint density at radius 2 is 1.91 bits per heavy atom. The highest BCUT2D eigenvalue weighted by Gasteiger charge is 2.21. The lowest BCUT2D eigenvalue weighted by Crippen LogP contribution is -2.23. The van der Waals surface area contributed by atoms with Crippen molar-refractivity contribution in [1.82, 2.24) is 9.55 Å².